The lowest BCUT2D eigenvalue weighted by atomic mass is 10.2. The molecule has 0 unspecified atom stereocenters. The molecule has 2 heterocycles. The number of hydrogen-bond acceptors (Lipinski definition) is 5. The summed E-state index contributed by atoms with van der Waals surface area (Å²) in [6.07, 6.45) is 3.65. The average molecular weight is 410 g/mol. The van der Waals surface area contributed by atoms with Crippen LogP contribution < -0.4 is 9.46 Å². The lowest BCUT2D eigenvalue weighted by molar-refractivity contribution is 0.242. The zero-order valence-corrected chi connectivity index (χ0v) is 17.0. The van der Waals surface area contributed by atoms with E-state index in [-0.39, 0.29) is 22.1 Å². The maximum absolute atomic E-state index is 12.5. The van der Waals surface area contributed by atoms with E-state index in [1.165, 1.54) is 24.0 Å². The Balaban J connectivity index is 1.56. The summed E-state index contributed by atoms with van der Waals surface area (Å²) in [5, 5.41) is 0.177. The fourth-order valence-electron chi connectivity index (χ4n) is 3.12. The molecule has 3 rings (SSSR count). The Bertz CT molecular complexity index is 872. The lowest BCUT2D eigenvalue weighted by Crippen LogP contribution is -2.37. The van der Waals surface area contributed by atoms with Gasteiger partial charge in [0.1, 0.15) is 10.6 Å². The van der Waals surface area contributed by atoms with Crippen LogP contribution in [0.2, 0.25) is 5.02 Å². The van der Waals surface area contributed by atoms with Gasteiger partial charge >= 0.3 is 0 Å². The number of nitrogens with one attached hydrogen (secondary N) is 1. The van der Waals surface area contributed by atoms with Gasteiger partial charge < -0.3 is 4.74 Å². The molecule has 27 heavy (non-hydrogen) atoms. The summed E-state index contributed by atoms with van der Waals surface area (Å²) < 4.78 is 33.5. The maximum atomic E-state index is 12.5. The summed E-state index contributed by atoms with van der Waals surface area (Å²) in [6, 6.07) is 9.36. The summed E-state index contributed by atoms with van der Waals surface area (Å²) >= 11 is 5.99. The third-order valence-electron chi connectivity index (χ3n) is 4.32. The highest BCUT2D eigenvalue weighted by atomic mass is 35.5. The molecule has 1 aliphatic rings. The second kappa shape index (κ2) is 8.56. The van der Waals surface area contributed by atoms with Gasteiger partial charge in [0.25, 0.3) is 0 Å². The van der Waals surface area contributed by atoms with Gasteiger partial charge in [-0.2, -0.15) is 0 Å². The Morgan fingerprint density at radius 1 is 1.30 bits per heavy atom. The zero-order valence-electron chi connectivity index (χ0n) is 15.4. The molecule has 0 radical (unpaired) electrons. The molecule has 0 spiro atoms. The van der Waals surface area contributed by atoms with Gasteiger partial charge in [-0.3, -0.25) is 9.88 Å². The molecule has 1 fully saturated rings. The van der Waals surface area contributed by atoms with Crippen LogP contribution in [0.5, 0.6) is 5.75 Å². The molecule has 1 atom stereocenters. The van der Waals surface area contributed by atoms with E-state index in [1.54, 1.807) is 0 Å². The van der Waals surface area contributed by atoms with E-state index in [1.807, 2.05) is 38.1 Å². The Hall–Kier alpha value is -1.67. The summed E-state index contributed by atoms with van der Waals surface area (Å²) in [7, 11) is -3.68. The number of pyridine rings is 1. The summed E-state index contributed by atoms with van der Waals surface area (Å²) in [4.78, 5) is 6.11. The van der Waals surface area contributed by atoms with Gasteiger partial charge in [-0.1, -0.05) is 23.7 Å². The Labute approximate surface area is 165 Å². The maximum Gasteiger partial charge on any atom is 0.243 e. The number of rotatable bonds is 7. The van der Waals surface area contributed by atoms with Gasteiger partial charge in [-0.15, -0.1) is 0 Å². The monoisotopic (exact) mass is 409 g/mol. The molecule has 1 N–H and O–H groups in total. The van der Waals surface area contributed by atoms with Gasteiger partial charge in [-0.25, -0.2) is 13.1 Å². The fraction of sp³-hybridized carbons (Fsp3) is 0.421. The van der Waals surface area contributed by atoms with Crippen LogP contribution in [0.1, 0.15) is 25.8 Å². The van der Waals surface area contributed by atoms with Crippen LogP contribution in [0, 0.1) is 0 Å². The zero-order chi connectivity index (χ0) is 19.4. The van der Waals surface area contributed by atoms with Crippen LogP contribution in [0.3, 0.4) is 0 Å². The third kappa shape index (κ3) is 5.42. The van der Waals surface area contributed by atoms with E-state index in [2.05, 4.69) is 14.6 Å². The predicted octanol–water partition coefficient (Wildman–Crippen LogP) is 3.08. The topological polar surface area (TPSA) is 71.5 Å². The number of halogens is 1. The molecule has 6 nitrogen and oxygen atoms in total. The normalized spacial score (nSPS) is 18.1. The van der Waals surface area contributed by atoms with Gasteiger partial charge in [0.2, 0.25) is 10.0 Å². The van der Waals surface area contributed by atoms with Crippen molar-refractivity contribution >= 4 is 21.6 Å². The highest BCUT2D eigenvalue weighted by Crippen LogP contribution is 2.22. The number of ether oxygens (including phenoxy) is 1. The molecule has 1 aromatic carbocycles. The van der Waals surface area contributed by atoms with E-state index in [0.29, 0.717) is 6.54 Å². The fourth-order valence-corrected chi connectivity index (χ4v) is 4.81. The highest BCUT2D eigenvalue weighted by molar-refractivity contribution is 7.89. The van der Waals surface area contributed by atoms with Crippen molar-refractivity contribution in [3.05, 3.63) is 53.3 Å². The standard InChI is InChI=1S/C19H24ClN3O3S/c1-14(2)26-17-5-3-15(4-6-17)12-23-10-8-16(13-23)22-27(24,25)19-11-21-9-7-18(19)20/h3-7,9,11,14,16,22H,8,10,12-13H2,1-2H3/t16-/m1/s1. The van der Waals surface area contributed by atoms with Crippen LogP contribution in [0.4, 0.5) is 0 Å². The summed E-state index contributed by atoms with van der Waals surface area (Å²) in [6.45, 7) is 6.25. The first kappa shape index (κ1) is 20.1. The lowest BCUT2D eigenvalue weighted by Gasteiger charge is -2.17. The number of hydrogen-bond donors (Lipinski definition) is 1. The summed E-state index contributed by atoms with van der Waals surface area (Å²) in [5.41, 5.74) is 1.17. The van der Waals surface area contributed by atoms with Crippen molar-refractivity contribution in [3.63, 3.8) is 0 Å². The van der Waals surface area contributed by atoms with Crippen LogP contribution in [0.15, 0.2) is 47.6 Å². The van der Waals surface area contributed by atoms with Crippen molar-refractivity contribution in [2.24, 2.45) is 0 Å². The van der Waals surface area contributed by atoms with Crippen molar-refractivity contribution in [2.45, 2.75) is 43.9 Å². The number of benzene rings is 1. The van der Waals surface area contributed by atoms with Crippen LogP contribution in [-0.2, 0) is 16.6 Å². The van der Waals surface area contributed by atoms with Gasteiger partial charge in [-0.05, 0) is 44.0 Å². The minimum Gasteiger partial charge on any atom is -0.491 e. The van der Waals surface area contributed by atoms with E-state index < -0.39 is 10.0 Å². The van der Waals surface area contributed by atoms with Crippen molar-refractivity contribution in [1.29, 1.82) is 0 Å². The number of aromatic nitrogens is 1. The summed E-state index contributed by atoms with van der Waals surface area (Å²) in [5.74, 6) is 0.856. The number of nitrogens with zero attached hydrogens (tertiary/aromatic N) is 2. The van der Waals surface area contributed by atoms with Crippen LogP contribution in [-0.4, -0.2) is 43.5 Å². The molecule has 0 aliphatic carbocycles. The smallest absolute Gasteiger partial charge is 0.243 e. The first-order valence-electron chi connectivity index (χ1n) is 8.93. The predicted molar refractivity (Wildman–Crippen MR) is 105 cm³/mol. The van der Waals surface area contributed by atoms with E-state index in [0.717, 1.165) is 25.3 Å². The first-order chi connectivity index (χ1) is 12.8. The molecule has 1 aromatic heterocycles. The molecule has 8 heteroatoms. The quantitative estimate of drug-likeness (QED) is 0.760. The molecular weight excluding hydrogens is 386 g/mol. The minimum atomic E-state index is -3.68. The third-order valence-corrected chi connectivity index (χ3v) is 6.31. The molecule has 1 aliphatic heterocycles. The molecular formula is C19H24ClN3O3S. The van der Waals surface area contributed by atoms with E-state index >= 15 is 0 Å². The van der Waals surface area contributed by atoms with Gasteiger partial charge in [0.05, 0.1) is 11.1 Å². The number of likely N-dealkylation sites (tertiary alicyclic amines) is 1. The highest BCUT2D eigenvalue weighted by Gasteiger charge is 2.28. The molecule has 0 amide bonds. The molecule has 146 valence electrons. The van der Waals surface area contributed by atoms with Gasteiger partial charge in [0.15, 0.2) is 0 Å². The van der Waals surface area contributed by atoms with E-state index in [4.69, 9.17) is 16.3 Å². The van der Waals surface area contributed by atoms with Crippen molar-refractivity contribution in [2.75, 3.05) is 13.1 Å². The second-order valence-electron chi connectivity index (χ2n) is 6.96. The average Bonchev–Trinajstić information content (AvgIpc) is 3.02. The SMILES string of the molecule is CC(C)Oc1ccc(CN2CC[C@@H](NS(=O)(=O)c3cnccc3Cl)C2)cc1. The molecule has 0 saturated carbocycles. The van der Waals surface area contributed by atoms with Gasteiger partial charge in [0, 0.05) is 38.1 Å². The van der Waals surface area contributed by atoms with Crippen LogP contribution in [0.25, 0.3) is 0 Å². The second-order valence-corrected chi connectivity index (χ2v) is 9.05. The van der Waals surface area contributed by atoms with Crippen LogP contribution >= 0.6 is 11.6 Å². The number of sulfonamides is 1. The van der Waals surface area contributed by atoms with Crippen molar-refractivity contribution in [1.82, 2.24) is 14.6 Å². The largest absolute Gasteiger partial charge is 0.491 e. The Morgan fingerprint density at radius 3 is 2.70 bits per heavy atom. The minimum absolute atomic E-state index is 0.0193. The van der Waals surface area contributed by atoms with E-state index in [9.17, 15) is 8.42 Å². The molecule has 1 saturated heterocycles. The Kier molecular flexibility index (Phi) is 6.37. The van der Waals surface area contributed by atoms with Crippen molar-refractivity contribution in [3.8, 4) is 5.75 Å². The first-order valence-corrected chi connectivity index (χ1v) is 10.8. The Morgan fingerprint density at radius 2 is 2.04 bits per heavy atom. The molecule has 0 bridgehead atoms. The molecule has 2 aromatic rings. The van der Waals surface area contributed by atoms with Crippen molar-refractivity contribution < 1.29 is 13.2 Å².